The molecule has 2 heterocycles. The molecule has 1 aromatic heterocycles. The van der Waals surface area contributed by atoms with Crippen molar-refractivity contribution < 1.29 is 8.78 Å². The van der Waals surface area contributed by atoms with Crippen LogP contribution in [0.3, 0.4) is 0 Å². The van der Waals surface area contributed by atoms with Crippen LogP contribution in [0.25, 0.3) is 0 Å². The van der Waals surface area contributed by atoms with Crippen LogP contribution < -0.4 is 5.32 Å². The number of hydrogen-bond donors (Lipinski definition) is 1. The molecule has 0 spiro atoms. The van der Waals surface area contributed by atoms with E-state index < -0.39 is 11.6 Å². The fraction of sp³-hybridized carbons (Fsp3) is 0.467. The summed E-state index contributed by atoms with van der Waals surface area (Å²) in [5, 5.41) is 4.28. The van der Waals surface area contributed by atoms with Crippen LogP contribution in [0.2, 0.25) is 0 Å². The van der Waals surface area contributed by atoms with Gasteiger partial charge in [0.2, 0.25) is 5.13 Å². The van der Waals surface area contributed by atoms with E-state index >= 15 is 0 Å². The van der Waals surface area contributed by atoms with Crippen LogP contribution in [0.4, 0.5) is 13.9 Å². The Labute approximate surface area is 132 Å². The monoisotopic (exact) mass is 324 g/mol. The predicted molar refractivity (Wildman–Crippen MR) is 82.9 cm³/mol. The largest absolute Gasteiger partial charge is 0.357 e. The van der Waals surface area contributed by atoms with Gasteiger partial charge in [0.05, 0.1) is 0 Å². The van der Waals surface area contributed by atoms with Crippen LogP contribution in [0.15, 0.2) is 18.2 Å². The van der Waals surface area contributed by atoms with Crippen molar-refractivity contribution >= 4 is 16.7 Å². The molecular formula is C15H18F2N4S. The minimum atomic E-state index is -0.793. The van der Waals surface area contributed by atoms with Gasteiger partial charge >= 0.3 is 0 Å². The number of piperidine rings is 1. The second-order valence-corrected chi connectivity index (χ2v) is 6.34. The first-order valence-electron chi connectivity index (χ1n) is 7.33. The van der Waals surface area contributed by atoms with Crippen LogP contribution >= 0.6 is 11.5 Å². The van der Waals surface area contributed by atoms with E-state index in [4.69, 9.17) is 0 Å². The van der Waals surface area contributed by atoms with Crippen molar-refractivity contribution in [2.75, 3.05) is 18.4 Å². The number of anilines is 1. The number of halogens is 2. The summed E-state index contributed by atoms with van der Waals surface area (Å²) in [6.45, 7) is 4.39. The highest BCUT2D eigenvalue weighted by Crippen LogP contribution is 2.20. The van der Waals surface area contributed by atoms with Gasteiger partial charge in [-0.1, -0.05) is 6.07 Å². The van der Waals surface area contributed by atoms with E-state index in [1.807, 2.05) is 6.92 Å². The molecule has 118 valence electrons. The molecule has 22 heavy (non-hydrogen) atoms. The summed E-state index contributed by atoms with van der Waals surface area (Å²) in [6, 6.07) is 4.52. The van der Waals surface area contributed by atoms with Crippen molar-refractivity contribution in [2.24, 2.45) is 0 Å². The first kappa shape index (κ1) is 15.3. The van der Waals surface area contributed by atoms with Crippen LogP contribution in [0.5, 0.6) is 0 Å². The summed E-state index contributed by atoms with van der Waals surface area (Å²) < 4.78 is 30.3. The molecule has 0 atom stereocenters. The van der Waals surface area contributed by atoms with Gasteiger partial charge in [0.1, 0.15) is 5.82 Å². The maximum Gasteiger partial charge on any atom is 0.202 e. The molecule has 0 unspecified atom stereocenters. The van der Waals surface area contributed by atoms with E-state index in [1.54, 1.807) is 6.07 Å². The number of rotatable bonds is 4. The van der Waals surface area contributed by atoms with Gasteiger partial charge in [-0.2, -0.15) is 4.37 Å². The van der Waals surface area contributed by atoms with Gasteiger partial charge in [0.25, 0.3) is 0 Å². The highest BCUT2D eigenvalue weighted by Gasteiger charge is 2.20. The predicted octanol–water partition coefficient (Wildman–Crippen LogP) is 3.20. The number of benzene rings is 1. The van der Waals surface area contributed by atoms with E-state index in [2.05, 4.69) is 19.6 Å². The lowest BCUT2D eigenvalue weighted by Crippen LogP contribution is -2.38. The third kappa shape index (κ3) is 3.78. The first-order chi connectivity index (χ1) is 10.6. The molecule has 7 heteroatoms. The van der Waals surface area contributed by atoms with E-state index in [9.17, 15) is 8.78 Å². The maximum absolute atomic E-state index is 13.2. The lowest BCUT2D eigenvalue weighted by atomic mass is 10.0. The van der Waals surface area contributed by atoms with E-state index in [0.717, 1.165) is 42.5 Å². The zero-order chi connectivity index (χ0) is 15.5. The van der Waals surface area contributed by atoms with Crippen molar-refractivity contribution in [2.45, 2.75) is 32.4 Å². The molecule has 0 bridgehead atoms. The molecule has 0 amide bonds. The number of aromatic nitrogens is 2. The van der Waals surface area contributed by atoms with Crippen molar-refractivity contribution in [3.05, 3.63) is 41.2 Å². The Kier molecular flexibility index (Phi) is 4.63. The fourth-order valence-electron chi connectivity index (χ4n) is 2.66. The Balaban J connectivity index is 1.50. The van der Waals surface area contributed by atoms with E-state index in [-0.39, 0.29) is 0 Å². The van der Waals surface area contributed by atoms with E-state index in [1.165, 1.54) is 23.7 Å². The average molecular weight is 324 g/mol. The molecule has 0 aliphatic carbocycles. The topological polar surface area (TPSA) is 41.1 Å². The molecule has 1 aliphatic rings. The Bertz CT molecular complexity index is 638. The second kappa shape index (κ2) is 6.66. The SMILES string of the molecule is Cc1nsc(NC2CCN(Cc3ccc(F)c(F)c3)CC2)n1. The molecule has 0 radical (unpaired) electrons. The van der Waals surface area contributed by atoms with Gasteiger partial charge in [-0.15, -0.1) is 0 Å². The smallest absolute Gasteiger partial charge is 0.202 e. The van der Waals surface area contributed by atoms with Crippen molar-refractivity contribution in [3.8, 4) is 0 Å². The summed E-state index contributed by atoms with van der Waals surface area (Å²) >= 11 is 1.39. The number of nitrogens with one attached hydrogen (secondary N) is 1. The van der Waals surface area contributed by atoms with Crippen LogP contribution in [0.1, 0.15) is 24.2 Å². The third-order valence-electron chi connectivity index (χ3n) is 3.83. The van der Waals surface area contributed by atoms with Crippen molar-refractivity contribution in [3.63, 3.8) is 0 Å². The molecular weight excluding hydrogens is 306 g/mol. The molecule has 2 aromatic rings. The lowest BCUT2D eigenvalue weighted by Gasteiger charge is -2.32. The number of hydrogen-bond acceptors (Lipinski definition) is 5. The Hall–Kier alpha value is -1.60. The third-order valence-corrected chi connectivity index (χ3v) is 4.57. The molecule has 0 saturated carbocycles. The minimum absolute atomic E-state index is 0.397. The van der Waals surface area contributed by atoms with Gasteiger partial charge in [0, 0.05) is 37.2 Å². The van der Waals surface area contributed by atoms with Gasteiger partial charge in [0.15, 0.2) is 11.6 Å². The average Bonchev–Trinajstić information content (AvgIpc) is 2.90. The number of aryl methyl sites for hydroxylation is 1. The Morgan fingerprint density at radius 3 is 2.68 bits per heavy atom. The summed E-state index contributed by atoms with van der Waals surface area (Å²) in [5.74, 6) is -0.775. The van der Waals surface area contributed by atoms with Crippen LogP contribution in [-0.2, 0) is 6.54 Å². The quantitative estimate of drug-likeness (QED) is 0.938. The normalized spacial score (nSPS) is 16.9. The maximum atomic E-state index is 13.2. The summed E-state index contributed by atoms with van der Waals surface area (Å²) in [5.41, 5.74) is 0.810. The van der Waals surface area contributed by atoms with Crippen LogP contribution in [-0.4, -0.2) is 33.4 Å². The zero-order valence-electron chi connectivity index (χ0n) is 12.4. The minimum Gasteiger partial charge on any atom is -0.357 e. The lowest BCUT2D eigenvalue weighted by molar-refractivity contribution is 0.211. The molecule has 4 nitrogen and oxygen atoms in total. The van der Waals surface area contributed by atoms with Gasteiger partial charge in [-0.05, 0) is 37.5 Å². The standard InChI is InChI=1S/C15H18F2N4S/c1-10-18-15(22-20-10)19-12-4-6-21(7-5-12)9-11-2-3-13(16)14(17)8-11/h2-3,8,12H,4-7,9H2,1H3,(H,18,19,20). The van der Waals surface area contributed by atoms with Gasteiger partial charge in [-0.3, -0.25) is 4.90 Å². The zero-order valence-corrected chi connectivity index (χ0v) is 13.2. The Morgan fingerprint density at radius 2 is 2.05 bits per heavy atom. The van der Waals surface area contributed by atoms with Gasteiger partial charge < -0.3 is 5.32 Å². The fourth-order valence-corrected chi connectivity index (χ4v) is 3.31. The molecule has 1 saturated heterocycles. The molecule has 1 fully saturated rings. The second-order valence-electron chi connectivity index (χ2n) is 5.59. The van der Waals surface area contributed by atoms with Crippen molar-refractivity contribution in [1.29, 1.82) is 0 Å². The molecule has 1 aromatic carbocycles. The van der Waals surface area contributed by atoms with Crippen LogP contribution in [0, 0.1) is 18.6 Å². The summed E-state index contributed by atoms with van der Waals surface area (Å²) in [4.78, 5) is 6.58. The van der Waals surface area contributed by atoms with Crippen molar-refractivity contribution in [1.82, 2.24) is 14.3 Å². The molecule has 1 aliphatic heterocycles. The van der Waals surface area contributed by atoms with E-state index in [0.29, 0.717) is 12.6 Å². The number of nitrogens with zero attached hydrogens (tertiary/aromatic N) is 3. The molecule has 1 N–H and O–H groups in total. The Morgan fingerprint density at radius 1 is 1.27 bits per heavy atom. The summed E-state index contributed by atoms with van der Waals surface area (Å²) in [6.07, 6.45) is 2.00. The highest BCUT2D eigenvalue weighted by molar-refractivity contribution is 7.09. The highest BCUT2D eigenvalue weighted by atomic mass is 32.1. The van der Waals surface area contributed by atoms with Gasteiger partial charge in [-0.25, -0.2) is 13.8 Å². The first-order valence-corrected chi connectivity index (χ1v) is 8.10. The molecule has 3 rings (SSSR count). The number of likely N-dealkylation sites (tertiary alicyclic amines) is 1. The summed E-state index contributed by atoms with van der Waals surface area (Å²) in [7, 11) is 0.